The Hall–Kier alpha value is -0.610. The molecule has 0 spiro atoms. The van der Waals surface area contributed by atoms with E-state index in [9.17, 15) is 9.90 Å². The van der Waals surface area contributed by atoms with Crippen molar-refractivity contribution in [3.8, 4) is 0 Å². The highest BCUT2D eigenvalue weighted by atomic mass is 16.3. The number of β-amino-alcohol motifs (C(OH)–C–C–N with tert-alkyl or cyclic N) is 1. The summed E-state index contributed by atoms with van der Waals surface area (Å²) in [6.07, 6.45) is 5.05. The van der Waals surface area contributed by atoms with E-state index in [1.54, 1.807) is 0 Å². The third kappa shape index (κ3) is 3.42. The normalized spacial score (nSPS) is 38.0. The van der Waals surface area contributed by atoms with Crippen LogP contribution >= 0.6 is 0 Å². The van der Waals surface area contributed by atoms with E-state index < -0.39 is 5.60 Å². The Bertz CT molecular complexity index is 267. The van der Waals surface area contributed by atoms with Crippen molar-refractivity contribution in [3.05, 3.63) is 0 Å². The number of carbonyl (C=O) groups is 1. The SMILES string of the molecule is CC1CCC(C(=O)NCC2(O)CCNC2)CC1. The van der Waals surface area contributed by atoms with E-state index in [1.165, 1.54) is 0 Å². The van der Waals surface area contributed by atoms with Crippen LogP contribution in [-0.4, -0.2) is 36.2 Å². The first-order valence-electron chi connectivity index (χ1n) is 6.80. The Balaban J connectivity index is 1.73. The highest BCUT2D eigenvalue weighted by Crippen LogP contribution is 2.28. The molecule has 0 aromatic rings. The fourth-order valence-corrected chi connectivity index (χ4v) is 2.80. The average molecular weight is 240 g/mol. The first-order valence-corrected chi connectivity index (χ1v) is 6.80. The Morgan fingerprint density at radius 2 is 2.12 bits per heavy atom. The van der Waals surface area contributed by atoms with Gasteiger partial charge in [0.1, 0.15) is 0 Å². The summed E-state index contributed by atoms with van der Waals surface area (Å²) in [5.74, 6) is 1.07. The predicted octanol–water partition coefficient (Wildman–Crippen LogP) is 0.653. The van der Waals surface area contributed by atoms with Crippen molar-refractivity contribution in [2.75, 3.05) is 19.6 Å². The molecule has 3 N–H and O–H groups in total. The summed E-state index contributed by atoms with van der Waals surface area (Å²) in [6, 6.07) is 0. The summed E-state index contributed by atoms with van der Waals surface area (Å²) in [4.78, 5) is 12.0. The lowest BCUT2D eigenvalue weighted by molar-refractivity contribution is -0.127. The van der Waals surface area contributed by atoms with Crippen molar-refractivity contribution in [3.63, 3.8) is 0 Å². The zero-order valence-electron chi connectivity index (χ0n) is 10.7. The Labute approximate surface area is 103 Å². The second kappa shape index (κ2) is 5.36. The molecule has 2 rings (SSSR count). The van der Waals surface area contributed by atoms with E-state index in [0.717, 1.165) is 44.6 Å². The van der Waals surface area contributed by atoms with Gasteiger partial charge in [-0.15, -0.1) is 0 Å². The lowest BCUT2D eigenvalue weighted by Crippen LogP contribution is -2.46. The van der Waals surface area contributed by atoms with Crippen LogP contribution < -0.4 is 10.6 Å². The molecule has 0 radical (unpaired) electrons. The Morgan fingerprint density at radius 3 is 2.71 bits per heavy atom. The van der Waals surface area contributed by atoms with Crippen LogP contribution in [0.1, 0.15) is 39.0 Å². The molecule has 0 aromatic heterocycles. The zero-order chi connectivity index (χ0) is 12.3. The minimum atomic E-state index is -0.725. The van der Waals surface area contributed by atoms with Crippen molar-refractivity contribution >= 4 is 5.91 Å². The van der Waals surface area contributed by atoms with Crippen molar-refractivity contribution in [2.24, 2.45) is 11.8 Å². The van der Waals surface area contributed by atoms with E-state index in [-0.39, 0.29) is 11.8 Å². The summed E-state index contributed by atoms with van der Waals surface area (Å²) >= 11 is 0. The lowest BCUT2D eigenvalue weighted by Gasteiger charge is -2.27. The van der Waals surface area contributed by atoms with Gasteiger partial charge in [0, 0.05) is 19.0 Å². The van der Waals surface area contributed by atoms with Gasteiger partial charge in [-0.1, -0.05) is 6.92 Å². The van der Waals surface area contributed by atoms with Crippen LogP contribution in [0.2, 0.25) is 0 Å². The molecule has 2 aliphatic rings. The number of hydrogen-bond acceptors (Lipinski definition) is 3. The van der Waals surface area contributed by atoms with Crippen LogP contribution in [0.4, 0.5) is 0 Å². The van der Waals surface area contributed by atoms with Gasteiger partial charge in [0.15, 0.2) is 0 Å². The number of amides is 1. The van der Waals surface area contributed by atoms with E-state index in [2.05, 4.69) is 17.6 Å². The minimum absolute atomic E-state index is 0.136. The molecule has 4 heteroatoms. The van der Waals surface area contributed by atoms with Gasteiger partial charge in [0.2, 0.25) is 5.91 Å². The molecule has 1 aliphatic carbocycles. The molecule has 1 saturated carbocycles. The fraction of sp³-hybridized carbons (Fsp3) is 0.923. The van der Waals surface area contributed by atoms with Crippen LogP contribution in [0.25, 0.3) is 0 Å². The maximum absolute atomic E-state index is 12.0. The van der Waals surface area contributed by atoms with Gasteiger partial charge in [0.25, 0.3) is 0 Å². The molecule has 98 valence electrons. The number of hydrogen-bond donors (Lipinski definition) is 3. The molecule has 4 nitrogen and oxygen atoms in total. The molecular formula is C13H24N2O2. The van der Waals surface area contributed by atoms with E-state index in [4.69, 9.17) is 0 Å². The molecule has 2 fully saturated rings. The molecule has 17 heavy (non-hydrogen) atoms. The maximum Gasteiger partial charge on any atom is 0.223 e. The first kappa shape index (κ1) is 12.8. The molecular weight excluding hydrogens is 216 g/mol. The number of nitrogens with one attached hydrogen (secondary N) is 2. The summed E-state index contributed by atoms with van der Waals surface area (Å²) in [7, 11) is 0. The van der Waals surface area contributed by atoms with Gasteiger partial charge in [-0.25, -0.2) is 0 Å². The van der Waals surface area contributed by atoms with Gasteiger partial charge >= 0.3 is 0 Å². The smallest absolute Gasteiger partial charge is 0.223 e. The predicted molar refractivity (Wildman–Crippen MR) is 66.6 cm³/mol. The van der Waals surface area contributed by atoms with Crippen LogP contribution in [0.5, 0.6) is 0 Å². The van der Waals surface area contributed by atoms with Gasteiger partial charge in [-0.05, 0) is 44.6 Å². The number of aliphatic hydroxyl groups is 1. The summed E-state index contributed by atoms with van der Waals surface area (Å²) < 4.78 is 0. The summed E-state index contributed by atoms with van der Waals surface area (Å²) in [6.45, 7) is 4.08. The van der Waals surface area contributed by atoms with Crippen LogP contribution in [0.15, 0.2) is 0 Å². The third-order valence-corrected chi connectivity index (χ3v) is 4.20. The van der Waals surface area contributed by atoms with Gasteiger partial charge in [-0.3, -0.25) is 4.79 Å². The third-order valence-electron chi connectivity index (χ3n) is 4.20. The minimum Gasteiger partial charge on any atom is -0.387 e. The molecule has 0 bridgehead atoms. The molecule has 1 atom stereocenters. The fourth-order valence-electron chi connectivity index (χ4n) is 2.80. The first-order chi connectivity index (χ1) is 8.09. The second-order valence-electron chi connectivity index (χ2n) is 5.83. The van der Waals surface area contributed by atoms with Gasteiger partial charge < -0.3 is 15.7 Å². The quantitative estimate of drug-likeness (QED) is 0.679. The lowest BCUT2D eigenvalue weighted by atomic mass is 9.82. The van der Waals surface area contributed by atoms with Crippen LogP contribution in [-0.2, 0) is 4.79 Å². The maximum atomic E-state index is 12.0. The summed E-state index contributed by atoms with van der Waals surface area (Å²) in [5.41, 5.74) is -0.725. The van der Waals surface area contributed by atoms with Gasteiger partial charge in [0.05, 0.1) is 5.60 Å². The van der Waals surface area contributed by atoms with Crippen LogP contribution in [0, 0.1) is 11.8 Å². The molecule has 1 saturated heterocycles. The molecule has 1 heterocycles. The molecule has 1 amide bonds. The second-order valence-corrected chi connectivity index (χ2v) is 5.83. The topological polar surface area (TPSA) is 61.4 Å². The summed E-state index contributed by atoms with van der Waals surface area (Å²) in [5, 5.41) is 16.1. The largest absolute Gasteiger partial charge is 0.387 e. The van der Waals surface area contributed by atoms with E-state index in [1.807, 2.05) is 0 Å². The van der Waals surface area contributed by atoms with E-state index >= 15 is 0 Å². The standard InChI is InChI=1S/C13H24N2O2/c1-10-2-4-11(5-3-10)12(16)15-9-13(17)6-7-14-8-13/h10-11,14,17H,2-9H2,1H3,(H,15,16). The number of carbonyl (C=O) groups excluding carboxylic acids is 1. The molecule has 0 aromatic carbocycles. The van der Waals surface area contributed by atoms with Crippen molar-refractivity contribution in [1.29, 1.82) is 0 Å². The van der Waals surface area contributed by atoms with Crippen molar-refractivity contribution < 1.29 is 9.90 Å². The van der Waals surface area contributed by atoms with Crippen LogP contribution in [0.3, 0.4) is 0 Å². The Kier molecular flexibility index (Phi) is 4.05. The van der Waals surface area contributed by atoms with Gasteiger partial charge in [-0.2, -0.15) is 0 Å². The highest BCUT2D eigenvalue weighted by molar-refractivity contribution is 5.78. The Morgan fingerprint density at radius 1 is 1.41 bits per heavy atom. The number of rotatable bonds is 3. The van der Waals surface area contributed by atoms with Crippen molar-refractivity contribution in [1.82, 2.24) is 10.6 Å². The monoisotopic (exact) mass is 240 g/mol. The van der Waals surface area contributed by atoms with Crippen molar-refractivity contribution in [2.45, 2.75) is 44.6 Å². The highest BCUT2D eigenvalue weighted by Gasteiger charge is 2.32. The average Bonchev–Trinajstić information content (AvgIpc) is 2.75. The van der Waals surface area contributed by atoms with E-state index in [0.29, 0.717) is 13.1 Å². The zero-order valence-corrected chi connectivity index (χ0v) is 10.7. The molecule has 1 unspecified atom stereocenters. The molecule has 1 aliphatic heterocycles.